The highest BCUT2D eigenvalue weighted by molar-refractivity contribution is 6.30. The molecular weight excluding hydrogens is 367 g/mol. The third-order valence-electron chi connectivity index (χ3n) is 4.76. The summed E-state index contributed by atoms with van der Waals surface area (Å²) >= 11 is 6.00. The fraction of sp³-hybridized carbons (Fsp3) is 0.381. The zero-order valence-corrected chi connectivity index (χ0v) is 15.9. The quantitative estimate of drug-likeness (QED) is 0.782. The molecule has 2 N–H and O–H groups in total. The minimum absolute atomic E-state index is 0.000799. The molecule has 1 aliphatic heterocycles. The maximum absolute atomic E-state index is 13.3. The molecule has 0 saturated carbocycles. The van der Waals surface area contributed by atoms with Gasteiger partial charge in [0.15, 0.2) is 0 Å². The van der Waals surface area contributed by atoms with Crippen LogP contribution in [-0.4, -0.2) is 36.0 Å². The first-order valence-electron chi connectivity index (χ1n) is 9.19. The monoisotopic (exact) mass is 390 g/mol. The first-order chi connectivity index (χ1) is 13.0. The van der Waals surface area contributed by atoms with Gasteiger partial charge in [-0.15, -0.1) is 0 Å². The lowest BCUT2D eigenvalue weighted by Gasteiger charge is -2.26. The maximum atomic E-state index is 13.3. The average Bonchev–Trinajstić information content (AvgIpc) is 3.08. The molecule has 0 radical (unpaired) electrons. The van der Waals surface area contributed by atoms with E-state index in [0.29, 0.717) is 30.3 Å². The van der Waals surface area contributed by atoms with E-state index in [1.54, 1.807) is 12.1 Å². The Hall–Kier alpha value is -2.11. The SMILES string of the molecule is N[C@@H](CC(=O)N1CCC[C@H]1COc1cccc(F)c1)Cc1cccc(Cl)c1. The number of rotatable bonds is 7. The summed E-state index contributed by atoms with van der Waals surface area (Å²) in [6.07, 6.45) is 2.70. The normalized spacial score (nSPS) is 17.7. The number of likely N-dealkylation sites (tertiary alicyclic amines) is 1. The van der Waals surface area contributed by atoms with Gasteiger partial charge in [0, 0.05) is 30.1 Å². The minimum atomic E-state index is -0.334. The van der Waals surface area contributed by atoms with E-state index in [1.165, 1.54) is 12.1 Å². The van der Waals surface area contributed by atoms with E-state index < -0.39 is 0 Å². The topological polar surface area (TPSA) is 55.6 Å². The van der Waals surface area contributed by atoms with E-state index in [0.717, 1.165) is 18.4 Å². The highest BCUT2D eigenvalue weighted by Crippen LogP contribution is 2.21. The molecular formula is C21H24ClFN2O2. The number of benzene rings is 2. The number of carbonyl (C=O) groups excluding carboxylic acids is 1. The van der Waals surface area contributed by atoms with Crippen LogP contribution in [0, 0.1) is 5.82 Å². The zero-order chi connectivity index (χ0) is 19.2. The third-order valence-corrected chi connectivity index (χ3v) is 4.99. The Morgan fingerprint density at radius 3 is 2.89 bits per heavy atom. The molecule has 144 valence electrons. The van der Waals surface area contributed by atoms with Gasteiger partial charge in [-0.3, -0.25) is 4.79 Å². The first-order valence-corrected chi connectivity index (χ1v) is 9.57. The lowest BCUT2D eigenvalue weighted by atomic mass is 10.0. The fourth-order valence-electron chi connectivity index (χ4n) is 3.47. The Morgan fingerprint density at radius 1 is 1.30 bits per heavy atom. The highest BCUT2D eigenvalue weighted by Gasteiger charge is 2.30. The average molecular weight is 391 g/mol. The summed E-state index contributed by atoms with van der Waals surface area (Å²) in [6, 6.07) is 13.3. The van der Waals surface area contributed by atoms with Crippen LogP contribution in [-0.2, 0) is 11.2 Å². The molecule has 0 aliphatic carbocycles. The summed E-state index contributed by atoms with van der Waals surface area (Å²) < 4.78 is 18.9. The van der Waals surface area contributed by atoms with Crippen molar-refractivity contribution in [2.75, 3.05) is 13.2 Å². The number of nitrogens with two attached hydrogens (primary N) is 1. The molecule has 6 heteroatoms. The molecule has 1 fully saturated rings. The third kappa shape index (κ3) is 5.68. The van der Waals surface area contributed by atoms with Crippen molar-refractivity contribution in [3.8, 4) is 5.75 Å². The molecule has 27 heavy (non-hydrogen) atoms. The second-order valence-corrected chi connectivity index (χ2v) is 7.39. The van der Waals surface area contributed by atoms with Crippen molar-refractivity contribution >= 4 is 17.5 Å². The van der Waals surface area contributed by atoms with Crippen LogP contribution in [0.4, 0.5) is 4.39 Å². The smallest absolute Gasteiger partial charge is 0.224 e. The molecule has 0 bridgehead atoms. The molecule has 0 unspecified atom stereocenters. The molecule has 1 aliphatic rings. The first kappa shape index (κ1) is 19.6. The van der Waals surface area contributed by atoms with Crippen LogP contribution in [0.15, 0.2) is 48.5 Å². The number of carbonyl (C=O) groups is 1. The van der Waals surface area contributed by atoms with Crippen LogP contribution in [0.5, 0.6) is 5.75 Å². The maximum Gasteiger partial charge on any atom is 0.224 e. The van der Waals surface area contributed by atoms with Crippen molar-refractivity contribution in [2.24, 2.45) is 5.73 Å². The van der Waals surface area contributed by atoms with Gasteiger partial charge in [0.1, 0.15) is 18.2 Å². The van der Waals surface area contributed by atoms with Crippen LogP contribution >= 0.6 is 11.6 Å². The van der Waals surface area contributed by atoms with Crippen molar-refractivity contribution in [1.29, 1.82) is 0 Å². The molecule has 1 saturated heterocycles. The summed E-state index contributed by atoms with van der Waals surface area (Å²) in [4.78, 5) is 14.5. The van der Waals surface area contributed by atoms with Gasteiger partial charge in [-0.1, -0.05) is 29.8 Å². The van der Waals surface area contributed by atoms with Gasteiger partial charge in [-0.25, -0.2) is 4.39 Å². The molecule has 4 nitrogen and oxygen atoms in total. The van der Waals surface area contributed by atoms with E-state index in [2.05, 4.69) is 0 Å². The van der Waals surface area contributed by atoms with Crippen LogP contribution in [0.3, 0.4) is 0 Å². The molecule has 2 aromatic rings. The lowest BCUT2D eigenvalue weighted by Crippen LogP contribution is -2.42. The molecule has 0 spiro atoms. The number of ether oxygens (including phenoxy) is 1. The standard InChI is InChI=1S/C21H24ClFN2O2/c22-16-5-1-4-15(10-16)11-18(24)13-21(26)25-9-3-7-19(25)14-27-20-8-2-6-17(23)12-20/h1-2,4-6,8,10,12,18-19H,3,7,9,11,13-14,24H2/t18-,19+/m1/s1. The van der Waals surface area contributed by atoms with E-state index >= 15 is 0 Å². The van der Waals surface area contributed by atoms with Crippen LogP contribution in [0.25, 0.3) is 0 Å². The number of amides is 1. The Morgan fingerprint density at radius 2 is 2.11 bits per heavy atom. The fourth-order valence-corrected chi connectivity index (χ4v) is 3.68. The largest absolute Gasteiger partial charge is 0.491 e. The van der Waals surface area contributed by atoms with Gasteiger partial charge in [0.05, 0.1) is 6.04 Å². The summed E-state index contributed by atoms with van der Waals surface area (Å²) in [6.45, 7) is 1.07. The zero-order valence-electron chi connectivity index (χ0n) is 15.1. The predicted molar refractivity (Wildman–Crippen MR) is 104 cm³/mol. The Balaban J connectivity index is 1.52. The molecule has 0 aromatic heterocycles. The Bertz CT molecular complexity index is 786. The molecule has 1 amide bonds. The number of hydrogen-bond donors (Lipinski definition) is 1. The van der Waals surface area contributed by atoms with Crippen LogP contribution < -0.4 is 10.5 Å². The minimum Gasteiger partial charge on any atom is -0.491 e. The van der Waals surface area contributed by atoms with Crippen molar-refractivity contribution < 1.29 is 13.9 Å². The second kappa shape index (κ2) is 9.20. The van der Waals surface area contributed by atoms with E-state index in [9.17, 15) is 9.18 Å². The van der Waals surface area contributed by atoms with Crippen molar-refractivity contribution in [1.82, 2.24) is 4.90 Å². The van der Waals surface area contributed by atoms with Crippen LogP contribution in [0.2, 0.25) is 5.02 Å². The summed E-state index contributed by atoms with van der Waals surface area (Å²) in [5, 5.41) is 0.667. The summed E-state index contributed by atoms with van der Waals surface area (Å²) in [5.74, 6) is 0.181. The number of halogens is 2. The van der Waals surface area contributed by atoms with E-state index in [1.807, 2.05) is 29.2 Å². The Labute approximate surface area is 164 Å². The van der Waals surface area contributed by atoms with Crippen LogP contribution in [0.1, 0.15) is 24.8 Å². The van der Waals surface area contributed by atoms with Gasteiger partial charge in [0.2, 0.25) is 5.91 Å². The van der Waals surface area contributed by atoms with Crippen molar-refractivity contribution in [3.63, 3.8) is 0 Å². The summed E-state index contributed by atoms with van der Waals surface area (Å²) in [5.41, 5.74) is 7.21. The van der Waals surface area contributed by atoms with Crippen molar-refractivity contribution in [2.45, 2.75) is 37.8 Å². The number of hydrogen-bond acceptors (Lipinski definition) is 3. The van der Waals surface area contributed by atoms with Crippen molar-refractivity contribution in [3.05, 3.63) is 64.9 Å². The van der Waals surface area contributed by atoms with Gasteiger partial charge >= 0.3 is 0 Å². The summed E-state index contributed by atoms with van der Waals surface area (Å²) in [7, 11) is 0. The molecule has 3 rings (SSSR count). The number of nitrogens with zero attached hydrogens (tertiary/aromatic N) is 1. The second-order valence-electron chi connectivity index (χ2n) is 6.95. The Kier molecular flexibility index (Phi) is 6.69. The molecule has 1 heterocycles. The van der Waals surface area contributed by atoms with Gasteiger partial charge in [-0.2, -0.15) is 0 Å². The van der Waals surface area contributed by atoms with Gasteiger partial charge < -0.3 is 15.4 Å². The lowest BCUT2D eigenvalue weighted by molar-refractivity contribution is -0.132. The predicted octanol–water partition coefficient (Wildman–Crippen LogP) is 3.81. The van der Waals surface area contributed by atoms with Gasteiger partial charge in [-0.05, 0) is 49.1 Å². The van der Waals surface area contributed by atoms with E-state index in [4.69, 9.17) is 22.1 Å². The molecule has 2 aromatic carbocycles. The highest BCUT2D eigenvalue weighted by atomic mass is 35.5. The van der Waals surface area contributed by atoms with E-state index in [-0.39, 0.29) is 30.2 Å². The van der Waals surface area contributed by atoms with Gasteiger partial charge in [0.25, 0.3) is 0 Å². The molecule has 2 atom stereocenters.